The van der Waals surface area contributed by atoms with Crippen molar-refractivity contribution in [1.82, 2.24) is 25.5 Å². The minimum atomic E-state index is -1.35. The van der Waals surface area contributed by atoms with E-state index in [2.05, 4.69) is 34.5 Å². The van der Waals surface area contributed by atoms with Crippen LogP contribution in [0.1, 0.15) is 85.4 Å². The van der Waals surface area contributed by atoms with E-state index in [1.54, 1.807) is 20.8 Å². The number of H-pyrrole nitrogens is 1. The van der Waals surface area contributed by atoms with Crippen LogP contribution >= 0.6 is 0 Å². The van der Waals surface area contributed by atoms with E-state index in [1.165, 1.54) is 4.90 Å². The summed E-state index contributed by atoms with van der Waals surface area (Å²) in [6.45, 7) is 10.3. The molecule has 1 amide bonds. The topological polar surface area (TPSA) is 110 Å². The number of rotatable bonds is 8. The molecule has 1 aliphatic heterocycles. The number of nitrogens with one attached hydrogen (secondary N) is 1. The number of piperidine rings is 1. The molecule has 4 atom stereocenters. The number of tetrazole rings is 1. The van der Waals surface area contributed by atoms with Gasteiger partial charge in [0, 0.05) is 13.0 Å². The van der Waals surface area contributed by atoms with Crippen molar-refractivity contribution in [3.8, 4) is 0 Å². The fourth-order valence-electron chi connectivity index (χ4n) is 5.15. The average molecular weight is 482 g/mol. The average Bonchev–Trinajstić information content (AvgIpc) is 3.30. The van der Waals surface area contributed by atoms with Crippen LogP contribution in [0.25, 0.3) is 0 Å². The molecule has 1 aliphatic carbocycles. The second-order valence-corrected chi connectivity index (χ2v) is 10.9. The zero-order chi connectivity index (χ0) is 24.9. The number of alkyl halides is 1. The van der Waals surface area contributed by atoms with Gasteiger partial charge in [-0.3, -0.25) is 4.90 Å². The largest absolute Gasteiger partial charge is 0.464 e. The second kappa shape index (κ2) is 11.0. The van der Waals surface area contributed by atoms with E-state index in [0.29, 0.717) is 57.5 Å². The number of ether oxygens (including phenoxy) is 2. The van der Waals surface area contributed by atoms with Gasteiger partial charge >= 0.3 is 12.1 Å². The summed E-state index contributed by atoms with van der Waals surface area (Å²) in [4.78, 5) is 27.7. The predicted octanol–water partition coefficient (Wildman–Crippen LogP) is 4.25. The van der Waals surface area contributed by atoms with E-state index < -0.39 is 29.4 Å². The minimum Gasteiger partial charge on any atom is -0.464 e. The number of fused-ring (bicyclic) bond motifs is 1. The SMILES string of the molecule is CCC(CC)COC(=O)[C@@H]1C[C@H]2CC(F)(CCc3nn[nH]n3)CC[C@H]2CN1C(=O)OC(C)(C)C. The molecule has 10 heteroatoms. The number of esters is 1. The smallest absolute Gasteiger partial charge is 0.411 e. The highest BCUT2D eigenvalue weighted by Crippen LogP contribution is 2.46. The van der Waals surface area contributed by atoms with E-state index in [-0.39, 0.29) is 17.8 Å². The Kier molecular flexibility index (Phi) is 8.52. The third kappa shape index (κ3) is 6.88. The second-order valence-electron chi connectivity index (χ2n) is 10.9. The Morgan fingerprint density at radius 1 is 1.26 bits per heavy atom. The van der Waals surface area contributed by atoms with Crippen molar-refractivity contribution < 1.29 is 23.5 Å². The van der Waals surface area contributed by atoms with Crippen LogP contribution in [0.5, 0.6) is 0 Å². The maximum absolute atomic E-state index is 15.8. The van der Waals surface area contributed by atoms with E-state index in [4.69, 9.17) is 9.47 Å². The third-order valence-corrected chi connectivity index (χ3v) is 7.29. The lowest BCUT2D eigenvalue weighted by atomic mass is 9.67. The molecule has 1 aromatic heterocycles. The Balaban J connectivity index is 1.71. The number of aromatic nitrogens is 4. The van der Waals surface area contributed by atoms with Gasteiger partial charge < -0.3 is 9.47 Å². The van der Waals surface area contributed by atoms with Gasteiger partial charge in [0.2, 0.25) is 0 Å². The van der Waals surface area contributed by atoms with Gasteiger partial charge in [0.05, 0.1) is 6.61 Å². The molecule has 0 spiro atoms. The van der Waals surface area contributed by atoms with Gasteiger partial charge in [0.1, 0.15) is 17.3 Å². The molecule has 3 rings (SSSR count). The molecule has 1 saturated heterocycles. The highest BCUT2D eigenvalue weighted by molar-refractivity contribution is 5.82. The number of carbonyl (C=O) groups excluding carboxylic acids is 2. The lowest BCUT2D eigenvalue weighted by Crippen LogP contribution is -2.57. The first kappa shape index (κ1) is 26.3. The molecular weight excluding hydrogens is 441 g/mol. The lowest BCUT2D eigenvalue weighted by Gasteiger charge is -2.48. The molecule has 2 fully saturated rings. The standard InChI is InChI=1S/C24H40FN5O4/c1-6-16(7-2)15-33-21(31)19-12-18-13-24(25,11-9-20-26-28-29-27-20)10-8-17(18)14-30(19)22(32)34-23(3,4)5/h16-19H,6-15H2,1-5H3,(H,26,27,28,29)/t17-,18-,19-,24?/m0/s1. The summed E-state index contributed by atoms with van der Waals surface area (Å²) >= 11 is 0. The van der Waals surface area contributed by atoms with Crippen LogP contribution in [-0.4, -0.2) is 68.0 Å². The van der Waals surface area contributed by atoms with E-state index >= 15 is 4.39 Å². The molecule has 0 aromatic carbocycles. The van der Waals surface area contributed by atoms with Crippen LogP contribution in [0.2, 0.25) is 0 Å². The molecule has 0 bridgehead atoms. The minimum absolute atomic E-state index is 0.00611. The number of likely N-dealkylation sites (tertiary alicyclic amines) is 1. The summed E-state index contributed by atoms with van der Waals surface area (Å²) in [6.07, 6.45) is 3.86. The highest BCUT2D eigenvalue weighted by atomic mass is 19.1. The van der Waals surface area contributed by atoms with Gasteiger partial charge in [0.15, 0.2) is 5.82 Å². The number of nitrogens with zero attached hydrogens (tertiary/aromatic N) is 4. The maximum atomic E-state index is 15.8. The van der Waals surface area contributed by atoms with Crippen molar-refractivity contribution in [2.45, 2.75) is 103 Å². The van der Waals surface area contributed by atoms with Crippen LogP contribution < -0.4 is 0 Å². The van der Waals surface area contributed by atoms with Gasteiger partial charge in [-0.25, -0.2) is 14.0 Å². The van der Waals surface area contributed by atoms with Crippen LogP contribution in [0.4, 0.5) is 9.18 Å². The quantitative estimate of drug-likeness (QED) is 0.553. The number of aromatic amines is 1. The summed E-state index contributed by atoms with van der Waals surface area (Å²) in [6, 6.07) is -0.759. The number of halogens is 1. The summed E-state index contributed by atoms with van der Waals surface area (Å²) in [5, 5.41) is 13.8. The number of carbonyl (C=O) groups is 2. The van der Waals surface area contributed by atoms with Crippen molar-refractivity contribution >= 4 is 12.1 Å². The Morgan fingerprint density at radius 3 is 2.62 bits per heavy atom. The first-order chi connectivity index (χ1) is 16.0. The van der Waals surface area contributed by atoms with Gasteiger partial charge in [0.25, 0.3) is 0 Å². The molecule has 1 N–H and O–H groups in total. The van der Waals surface area contributed by atoms with E-state index in [1.807, 2.05) is 0 Å². The molecule has 9 nitrogen and oxygen atoms in total. The molecule has 1 saturated carbocycles. The zero-order valence-corrected chi connectivity index (χ0v) is 21.2. The van der Waals surface area contributed by atoms with Crippen LogP contribution in [0.3, 0.4) is 0 Å². The Morgan fingerprint density at radius 2 is 2.00 bits per heavy atom. The summed E-state index contributed by atoms with van der Waals surface area (Å²) in [7, 11) is 0. The van der Waals surface area contributed by atoms with Gasteiger partial charge in [-0.1, -0.05) is 31.9 Å². The van der Waals surface area contributed by atoms with Crippen molar-refractivity contribution in [2.24, 2.45) is 17.8 Å². The van der Waals surface area contributed by atoms with Crippen molar-refractivity contribution in [2.75, 3.05) is 13.2 Å². The molecule has 34 heavy (non-hydrogen) atoms. The van der Waals surface area contributed by atoms with E-state index in [0.717, 1.165) is 12.8 Å². The molecule has 1 unspecified atom stereocenters. The van der Waals surface area contributed by atoms with Gasteiger partial charge in [-0.2, -0.15) is 5.21 Å². The fourth-order valence-corrected chi connectivity index (χ4v) is 5.15. The molecule has 192 valence electrons. The fraction of sp³-hybridized carbons (Fsp3) is 0.875. The van der Waals surface area contributed by atoms with Crippen molar-refractivity contribution in [3.05, 3.63) is 5.82 Å². The van der Waals surface area contributed by atoms with Crippen LogP contribution in [0, 0.1) is 17.8 Å². The lowest BCUT2D eigenvalue weighted by molar-refractivity contribution is -0.156. The zero-order valence-electron chi connectivity index (χ0n) is 21.2. The van der Waals surface area contributed by atoms with Crippen molar-refractivity contribution in [1.29, 1.82) is 0 Å². The number of hydrogen-bond donors (Lipinski definition) is 1. The van der Waals surface area contributed by atoms with Gasteiger partial charge in [-0.05, 0) is 70.6 Å². The first-order valence-electron chi connectivity index (χ1n) is 12.6. The Hall–Kier alpha value is -2.26. The summed E-state index contributed by atoms with van der Waals surface area (Å²) in [5.74, 6) is 0.492. The maximum Gasteiger partial charge on any atom is 0.411 e. The number of hydrogen-bond acceptors (Lipinski definition) is 7. The molecular formula is C24H40FN5O4. The number of amides is 1. The Labute approximate surface area is 201 Å². The van der Waals surface area contributed by atoms with E-state index in [9.17, 15) is 9.59 Å². The van der Waals surface area contributed by atoms with Gasteiger partial charge in [-0.15, -0.1) is 10.2 Å². The highest BCUT2D eigenvalue weighted by Gasteiger charge is 2.49. The number of aryl methyl sites for hydroxylation is 1. The summed E-state index contributed by atoms with van der Waals surface area (Å²) < 4.78 is 27.0. The monoisotopic (exact) mass is 481 g/mol. The molecule has 2 aliphatic rings. The van der Waals surface area contributed by atoms with Crippen LogP contribution in [-0.2, 0) is 20.7 Å². The first-order valence-corrected chi connectivity index (χ1v) is 12.6. The van der Waals surface area contributed by atoms with Crippen LogP contribution in [0.15, 0.2) is 0 Å². The predicted molar refractivity (Wildman–Crippen MR) is 124 cm³/mol. The summed E-state index contributed by atoms with van der Waals surface area (Å²) in [5.41, 5.74) is -2.02. The normalized spacial score (nSPS) is 27.4. The molecule has 1 aromatic rings. The molecule has 0 radical (unpaired) electrons. The third-order valence-electron chi connectivity index (χ3n) is 7.29. The molecule has 2 heterocycles. The Bertz CT molecular complexity index is 811. The van der Waals surface area contributed by atoms with Crippen molar-refractivity contribution in [3.63, 3.8) is 0 Å².